The van der Waals surface area contributed by atoms with Crippen molar-refractivity contribution in [2.75, 3.05) is 33.3 Å². The third-order valence-electron chi connectivity index (χ3n) is 5.13. The minimum Gasteiger partial charge on any atom is -0.494 e. The van der Waals surface area contributed by atoms with Gasteiger partial charge in [0.2, 0.25) is 0 Å². The van der Waals surface area contributed by atoms with Crippen molar-refractivity contribution in [1.82, 2.24) is 9.80 Å². The molecule has 0 aromatic heterocycles. The first kappa shape index (κ1) is 21.5. The minimum atomic E-state index is -0.162. The first-order chi connectivity index (χ1) is 13.8. The molecule has 1 aliphatic rings. The molecule has 29 heavy (non-hydrogen) atoms. The Morgan fingerprint density at radius 1 is 0.862 bits per heavy atom. The second-order valence-corrected chi connectivity index (χ2v) is 8.15. The van der Waals surface area contributed by atoms with Gasteiger partial charge in [-0.25, -0.2) is 0 Å². The topological polar surface area (TPSA) is 49.9 Å². The molecule has 0 radical (unpaired) electrons. The van der Waals surface area contributed by atoms with E-state index in [9.17, 15) is 9.59 Å². The Labute approximate surface area is 181 Å². The third kappa shape index (κ3) is 4.68. The Hall–Kier alpha value is -2.24. The van der Waals surface area contributed by atoms with Gasteiger partial charge >= 0.3 is 0 Å². The number of carbonyl (C=O) groups excluding carboxylic acids is 2. The first-order valence-corrected chi connectivity index (χ1v) is 10.3. The summed E-state index contributed by atoms with van der Waals surface area (Å²) in [6, 6.07) is 10.8. The minimum absolute atomic E-state index is 0.0112. The zero-order chi connectivity index (χ0) is 21.1. The van der Waals surface area contributed by atoms with Gasteiger partial charge in [-0.1, -0.05) is 49.2 Å². The van der Waals surface area contributed by atoms with Crippen LogP contribution in [0.3, 0.4) is 0 Å². The maximum Gasteiger partial charge on any atom is 0.254 e. The van der Waals surface area contributed by atoms with Crippen LogP contribution in [-0.2, 0) is 0 Å². The number of piperazine rings is 1. The molecule has 1 saturated heterocycles. The molecule has 2 aromatic rings. The van der Waals surface area contributed by atoms with Crippen molar-refractivity contribution < 1.29 is 14.3 Å². The van der Waals surface area contributed by atoms with Gasteiger partial charge in [0.25, 0.3) is 11.8 Å². The zero-order valence-electron chi connectivity index (χ0n) is 16.7. The quantitative estimate of drug-likeness (QED) is 0.698. The van der Waals surface area contributed by atoms with Gasteiger partial charge in [-0.15, -0.1) is 0 Å². The van der Waals surface area contributed by atoms with Crippen molar-refractivity contribution in [3.05, 3.63) is 63.1 Å². The number of rotatable bonds is 4. The van der Waals surface area contributed by atoms with E-state index in [1.54, 1.807) is 21.9 Å². The van der Waals surface area contributed by atoms with Crippen LogP contribution >= 0.6 is 23.2 Å². The Morgan fingerprint density at radius 2 is 1.31 bits per heavy atom. The molecular formula is C22H24Cl2N2O3. The maximum atomic E-state index is 12.8. The summed E-state index contributed by atoms with van der Waals surface area (Å²) in [6.07, 6.45) is 0. The molecule has 7 heteroatoms. The molecule has 0 N–H and O–H groups in total. The molecule has 0 spiro atoms. The van der Waals surface area contributed by atoms with Crippen molar-refractivity contribution in [1.29, 1.82) is 0 Å². The normalized spacial score (nSPS) is 14.3. The lowest BCUT2D eigenvalue weighted by Gasteiger charge is -2.35. The largest absolute Gasteiger partial charge is 0.494 e. The molecule has 5 nitrogen and oxygen atoms in total. The van der Waals surface area contributed by atoms with Gasteiger partial charge in [-0.05, 0) is 35.7 Å². The predicted molar refractivity (Wildman–Crippen MR) is 115 cm³/mol. The highest BCUT2D eigenvalue weighted by molar-refractivity contribution is 6.37. The maximum absolute atomic E-state index is 12.8. The van der Waals surface area contributed by atoms with Gasteiger partial charge in [-0.2, -0.15) is 0 Å². The van der Waals surface area contributed by atoms with Gasteiger partial charge < -0.3 is 14.5 Å². The molecule has 0 unspecified atom stereocenters. The molecule has 0 saturated carbocycles. The molecule has 154 valence electrons. The molecule has 3 rings (SSSR count). The van der Waals surface area contributed by atoms with E-state index in [1.807, 2.05) is 24.3 Å². The zero-order valence-corrected chi connectivity index (χ0v) is 18.3. The fourth-order valence-electron chi connectivity index (χ4n) is 3.37. The highest BCUT2D eigenvalue weighted by atomic mass is 35.5. The number of amides is 2. The molecule has 2 aromatic carbocycles. The van der Waals surface area contributed by atoms with Gasteiger partial charge in [0.05, 0.1) is 17.2 Å². The summed E-state index contributed by atoms with van der Waals surface area (Å²) in [5, 5.41) is 0.587. The summed E-state index contributed by atoms with van der Waals surface area (Å²) in [7, 11) is 1.47. The molecule has 1 fully saturated rings. The smallest absolute Gasteiger partial charge is 0.254 e. The summed E-state index contributed by atoms with van der Waals surface area (Å²) in [5.41, 5.74) is 2.28. The number of benzene rings is 2. The average Bonchev–Trinajstić information content (AvgIpc) is 2.72. The standard InChI is InChI=1S/C22H24Cl2N2O3/c1-14(2)15-4-6-16(7-5-15)21(27)25-8-10-26(11-9-25)22(28)17-12-18(23)20(29-3)19(24)13-17/h4-7,12-14H,8-11H2,1-3H3. The second-order valence-electron chi connectivity index (χ2n) is 7.33. The number of carbonyl (C=O) groups is 2. The molecule has 1 aliphatic heterocycles. The highest BCUT2D eigenvalue weighted by Crippen LogP contribution is 2.34. The Morgan fingerprint density at radius 3 is 1.72 bits per heavy atom. The van der Waals surface area contributed by atoms with Crippen LogP contribution in [0.25, 0.3) is 0 Å². The SMILES string of the molecule is COc1c(Cl)cc(C(=O)N2CCN(C(=O)c3ccc(C(C)C)cc3)CC2)cc1Cl. The molecule has 0 bridgehead atoms. The Balaban J connectivity index is 1.64. The summed E-state index contributed by atoms with van der Waals surface area (Å²) >= 11 is 12.3. The number of methoxy groups -OCH3 is 1. The molecule has 1 heterocycles. The van der Waals surface area contributed by atoms with Crippen LogP contribution in [0.5, 0.6) is 5.75 Å². The van der Waals surface area contributed by atoms with Crippen molar-refractivity contribution in [3.63, 3.8) is 0 Å². The van der Waals surface area contributed by atoms with Crippen LogP contribution < -0.4 is 4.74 Å². The Bertz CT molecular complexity index is 882. The van der Waals surface area contributed by atoms with E-state index in [-0.39, 0.29) is 11.8 Å². The number of ether oxygens (including phenoxy) is 1. The second kappa shape index (κ2) is 9.06. The van der Waals surface area contributed by atoms with Crippen molar-refractivity contribution in [3.8, 4) is 5.75 Å². The molecule has 2 amide bonds. The van der Waals surface area contributed by atoms with Crippen LogP contribution in [0.1, 0.15) is 46.0 Å². The summed E-state index contributed by atoms with van der Waals surface area (Å²) < 4.78 is 5.13. The van der Waals surface area contributed by atoms with E-state index in [0.717, 1.165) is 0 Å². The van der Waals surface area contributed by atoms with Crippen LogP contribution in [0.15, 0.2) is 36.4 Å². The first-order valence-electron chi connectivity index (χ1n) is 9.53. The van der Waals surface area contributed by atoms with Crippen LogP contribution in [-0.4, -0.2) is 54.9 Å². The van der Waals surface area contributed by atoms with E-state index < -0.39 is 0 Å². The summed E-state index contributed by atoms with van der Waals surface area (Å²) in [4.78, 5) is 29.1. The number of halogens is 2. The fourth-order valence-corrected chi connectivity index (χ4v) is 4.01. The van der Waals surface area contributed by atoms with Gasteiger partial charge in [0.15, 0.2) is 5.75 Å². The molecular weight excluding hydrogens is 411 g/mol. The lowest BCUT2D eigenvalue weighted by atomic mass is 10.0. The highest BCUT2D eigenvalue weighted by Gasteiger charge is 2.26. The van der Waals surface area contributed by atoms with E-state index in [0.29, 0.717) is 59.0 Å². The average molecular weight is 435 g/mol. The predicted octanol–water partition coefficient (Wildman–Crippen LogP) is 4.72. The number of hydrogen-bond acceptors (Lipinski definition) is 3. The van der Waals surface area contributed by atoms with Crippen molar-refractivity contribution in [2.24, 2.45) is 0 Å². The summed E-state index contributed by atoms with van der Waals surface area (Å²) in [5.74, 6) is 0.602. The van der Waals surface area contributed by atoms with E-state index >= 15 is 0 Å². The van der Waals surface area contributed by atoms with E-state index in [1.165, 1.54) is 12.7 Å². The Kier molecular flexibility index (Phi) is 6.70. The summed E-state index contributed by atoms with van der Waals surface area (Å²) in [6.45, 7) is 6.11. The van der Waals surface area contributed by atoms with Gasteiger partial charge in [-0.3, -0.25) is 9.59 Å². The van der Waals surface area contributed by atoms with E-state index in [2.05, 4.69) is 13.8 Å². The number of hydrogen-bond donors (Lipinski definition) is 0. The van der Waals surface area contributed by atoms with Crippen LogP contribution in [0, 0.1) is 0 Å². The van der Waals surface area contributed by atoms with Gasteiger partial charge in [0.1, 0.15) is 0 Å². The van der Waals surface area contributed by atoms with Crippen molar-refractivity contribution in [2.45, 2.75) is 19.8 Å². The van der Waals surface area contributed by atoms with E-state index in [4.69, 9.17) is 27.9 Å². The van der Waals surface area contributed by atoms with Crippen molar-refractivity contribution >= 4 is 35.0 Å². The van der Waals surface area contributed by atoms with Gasteiger partial charge in [0, 0.05) is 37.3 Å². The number of nitrogens with zero attached hydrogens (tertiary/aromatic N) is 2. The lowest BCUT2D eigenvalue weighted by Crippen LogP contribution is -2.50. The fraction of sp³-hybridized carbons (Fsp3) is 0.364. The van der Waals surface area contributed by atoms with Crippen LogP contribution in [0.4, 0.5) is 0 Å². The van der Waals surface area contributed by atoms with Crippen LogP contribution in [0.2, 0.25) is 10.0 Å². The molecule has 0 atom stereocenters. The third-order valence-corrected chi connectivity index (χ3v) is 5.69. The monoisotopic (exact) mass is 434 g/mol. The molecule has 0 aliphatic carbocycles. The lowest BCUT2D eigenvalue weighted by molar-refractivity contribution is 0.0535.